The van der Waals surface area contributed by atoms with E-state index >= 15 is 0 Å². The van der Waals surface area contributed by atoms with E-state index in [9.17, 15) is 13.2 Å². The van der Waals surface area contributed by atoms with Crippen LogP contribution in [0.4, 0.5) is 0 Å². The van der Waals surface area contributed by atoms with Gasteiger partial charge in [0.15, 0.2) is 0 Å². The number of nitrogens with one attached hydrogen (secondary N) is 1. The zero-order chi connectivity index (χ0) is 20.8. The number of rotatable bonds is 4. The van der Waals surface area contributed by atoms with Crippen LogP contribution in [-0.2, 0) is 23.5 Å². The lowest BCUT2D eigenvalue weighted by Gasteiger charge is -2.26. The number of fused-ring (bicyclic) bond motifs is 1. The predicted molar refractivity (Wildman–Crippen MR) is 112 cm³/mol. The lowest BCUT2D eigenvalue weighted by atomic mass is 9.88. The van der Waals surface area contributed by atoms with E-state index in [0.717, 1.165) is 37.7 Å². The van der Waals surface area contributed by atoms with E-state index in [2.05, 4.69) is 10.8 Å². The van der Waals surface area contributed by atoms with Crippen molar-refractivity contribution >= 4 is 15.9 Å². The lowest BCUT2D eigenvalue weighted by molar-refractivity contribution is 0.0788. The molecule has 2 aromatic rings. The molecule has 0 spiro atoms. The van der Waals surface area contributed by atoms with Crippen LogP contribution in [0.1, 0.15) is 64.6 Å². The van der Waals surface area contributed by atoms with Gasteiger partial charge in [0.1, 0.15) is 4.90 Å². The van der Waals surface area contributed by atoms with Gasteiger partial charge in [-0.3, -0.25) is 4.79 Å². The molecule has 0 radical (unpaired) electrons. The van der Waals surface area contributed by atoms with E-state index in [1.165, 1.54) is 5.56 Å². The van der Waals surface area contributed by atoms with Gasteiger partial charge in [-0.05, 0) is 57.1 Å². The Balaban J connectivity index is 1.74. The molecule has 29 heavy (non-hydrogen) atoms. The molecule has 0 saturated carbocycles. The summed E-state index contributed by atoms with van der Waals surface area (Å²) in [5.74, 6) is -0.173. The maximum Gasteiger partial charge on any atom is 0.257 e. The van der Waals surface area contributed by atoms with Crippen LogP contribution in [0.15, 0.2) is 29.2 Å². The molecule has 1 amide bonds. The highest BCUT2D eigenvalue weighted by Gasteiger charge is 2.35. The van der Waals surface area contributed by atoms with Gasteiger partial charge in [-0.25, -0.2) is 13.1 Å². The maximum absolute atomic E-state index is 13.5. The summed E-state index contributed by atoms with van der Waals surface area (Å²) in [5, 5.41) is 0. The van der Waals surface area contributed by atoms with Gasteiger partial charge in [-0.1, -0.05) is 24.3 Å². The summed E-state index contributed by atoms with van der Waals surface area (Å²) < 4.78 is 31.8. The van der Waals surface area contributed by atoms with Gasteiger partial charge in [0, 0.05) is 37.6 Å². The quantitative estimate of drug-likeness (QED) is 0.833. The zero-order valence-corrected chi connectivity index (χ0v) is 18.2. The second-order valence-electron chi connectivity index (χ2n) is 8.20. The van der Waals surface area contributed by atoms with Gasteiger partial charge in [-0.2, -0.15) is 0 Å². The topological polar surface area (TPSA) is 71.4 Å². The summed E-state index contributed by atoms with van der Waals surface area (Å²) in [4.78, 5) is 15.1. The maximum atomic E-state index is 13.5. The van der Waals surface area contributed by atoms with E-state index in [1.807, 2.05) is 36.7 Å². The normalized spacial score (nSPS) is 19.4. The van der Waals surface area contributed by atoms with Gasteiger partial charge in [0.25, 0.3) is 5.91 Å². The third kappa shape index (κ3) is 3.51. The number of amides is 1. The monoisotopic (exact) mass is 415 g/mol. The molecule has 156 valence electrons. The van der Waals surface area contributed by atoms with Crippen LogP contribution < -0.4 is 4.72 Å². The van der Waals surface area contributed by atoms with Crippen LogP contribution in [0.3, 0.4) is 0 Å². The SMILES string of the molecule is Cc1c(C(=O)N2CCCC2)c(S(=O)(=O)N[C@H]2CCCc3ccccc32)c(C)n1C. The summed E-state index contributed by atoms with van der Waals surface area (Å²) in [6.45, 7) is 4.98. The van der Waals surface area contributed by atoms with E-state index in [4.69, 9.17) is 0 Å². The molecule has 1 aromatic carbocycles. The molecule has 1 aliphatic carbocycles. The number of hydrogen-bond acceptors (Lipinski definition) is 3. The van der Waals surface area contributed by atoms with Crippen molar-refractivity contribution in [2.45, 2.75) is 56.9 Å². The van der Waals surface area contributed by atoms with Crippen molar-refractivity contribution in [2.24, 2.45) is 7.05 Å². The van der Waals surface area contributed by atoms with Gasteiger partial charge >= 0.3 is 0 Å². The molecular weight excluding hydrogens is 386 g/mol. The van der Waals surface area contributed by atoms with Crippen molar-refractivity contribution in [1.29, 1.82) is 0 Å². The molecule has 6 nitrogen and oxygen atoms in total. The lowest BCUT2D eigenvalue weighted by Crippen LogP contribution is -2.34. The molecule has 1 N–H and O–H groups in total. The predicted octanol–water partition coefficient (Wildman–Crippen LogP) is 3.23. The van der Waals surface area contributed by atoms with E-state index in [1.54, 1.807) is 11.8 Å². The molecule has 1 atom stereocenters. The summed E-state index contributed by atoms with van der Waals surface area (Å²) in [5.41, 5.74) is 3.86. The summed E-state index contributed by atoms with van der Waals surface area (Å²) in [6.07, 6.45) is 4.61. The fraction of sp³-hybridized carbons (Fsp3) is 0.500. The Morgan fingerprint density at radius 1 is 1.07 bits per heavy atom. The Bertz CT molecular complexity index is 1050. The molecule has 2 heterocycles. The Kier molecular flexibility index (Phi) is 5.29. The van der Waals surface area contributed by atoms with Gasteiger partial charge in [0.2, 0.25) is 10.0 Å². The molecule has 1 aliphatic heterocycles. The molecule has 1 saturated heterocycles. The molecule has 1 aromatic heterocycles. The first-order valence-corrected chi connectivity index (χ1v) is 11.8. The van der Waals surface area contributed by atoms with Gasteiger partial charge in [-0.15, -0.1) is 0 Å². The molecule has 0 bridgehead atoms. The van der Waals surface area contributed by atoms with E-state index in [-0.39, 0.29) is 16.8 Å². The van der Waals surface area contributed by atoms with Crippen molar-refractivity contribution in [3.05, 3.63) is 52.3 Å². The smallest absolute Gasteiger partial charge is 0.257 e. The first kappa shape index (κ1) is 20.2. The van der Waals surface area contributed by atoms with Gasteiger partial charge in [0.05, 0.1) is 5.56 Å². The second kappa shape index (κ2) is 7.61. The number of carbonyl (C=O) groups excluding carboxylic acids is 1. The molecular formula is C22H29N3O3S. The number of benzene rings is 1. The Morgan fingerprint density at radius 3 is 2.48 bits per heavy atom. The second-order valence-corrected chi connectivity index (χ2v) is 9.85. The number of aromatic nitrogens is 1. The largest absolute Gasteiger partial charge is 0.350 e. The number of aryl methyl sites for hydroxylation is 1. The Labute approximate surface area is 173 Å². The Morgan fingerprint density at radius 2 is 1.76 bits per heavy atom. The highest BCUT2D eigenvalue weighted by atomic mass is 32.2. The molecule has 2 aliphatic rings. The van der Waals surface area contributed by atoms with Crippen molar-refractivity contribution in [2.75, 3.05) is 13.1 Å². The highest BCUT2D eigenvalue weighted by Crippen LogP contribution is 2.33. The first-order valence-electron chi connectivity index (χ1n) is 10.4. The average Bonchev–Trinajstić information content (AvgIpc) is 3.31. The summed E-state index contributed by atoms with van der Waals surface area (Å²) >= 11 is 0. The molecule has 0 unspecified atom stereocenters. The van der Waals surface area contributed by atoms with Crippen LogP contribution in [0, 0.1) is 13.8 Å². The number of carbonyl (C=O) groups is 1. The zero-order valence-electron chi connectivity index (χ0n) is 17.4. The van der Waals surface area contributed by atoms with E-state index < -0.39 is 10.0 Å². The number of hydrogen-bond donors (Lipinski definition) is 1. The average molecular weight is 416 g/mol. The minimum Gasteiger partial charge on any atom is -0.350 e. The molecule has 4 rings (SSSR count). The molecule has 1 fully saturated rings. The third-order valence-electron chi connectivity index (χ3n) is 6.47. The minimum absolute atomic E-state index is 0.137. The van der Waals surface area contributed by atoms with Crippen molar-refractivity contribution in [1.82, 2.24) is 14.2 Å². The third-order valence-corrected chi connectivity index (χ3v) is 8.10. The van der Waals surface area contributed by atoms with Crippen LogP contribution in [-0.4, -0.2) is 36.9 Å². The van der Waals surface area contributed by atoms with Crippen LogP contribution >= 0.6 is 0 Å². The summed E-state index contributed by atoms with van der Waals surface area (Å²) in [6, 6.07) is 7.75. The fourth-order valence-corrected chi connectivity index (χ4v) is 6.47. The van der Waals surface area contributed by atoms with Crippen LogP contribution in [0.25, 0.3) is 0 Å². The standard InChI is InChI=1S/C22H29N3O3S/c1-15-20(22(26)25-13-6-7-14-25)21(16(2)24(15)3)29(27,28)23-19-12-8-10-17-9-4-5-11-18(17)19/h4-5,9,11,19,23H,6-8,10,12-14H2,1-3H3/t19-/m0/s1. The number of nitrogens with zero attached hydrogens (tertiary/aromatic N) is 2. The highest BCUT2D eigenvalue weighted by molar-refractivity contribution is 7.89. The van der Waals surface area contributed by atoms with Crippen molar-refractivity contribution < 1.29 is 13.2 Å². The summed E-state index contributed by atoms with van der Waals surface area (Å²) in [7, 11) is -2.04. The number of likely N-dealkylation sites (tertiary alicyclic amines) is 1. The fourth-order valence-electron chi connectivity index (χ4n) is 4.70. The number of sulfonamides is 1. The van der Waals surface area contributed by atoms with Crippen molar-refractivity contribution in [3.63, 3.8) is 0 Å². The van der Waals surface area contributed by atoms with Crippen LogP contribution in [0.2, 0.25) is 0 Å². The molecule has 7 heteroatoms. The first-order chi connectivity index (χ1) is 13.8. The Hall–Kier alpha value is -2.12. The van der Waals surface area contributed by atoms with Crippen LogP contribution in [0.5, 0.6) is 0 Å². The van der Waals surface area contributed by atoms with Crippen molar-refractivity contribution in [3.8, 4) is 0 Å². The minimum atomic E-state index is -3.86. The van der Waals surface area contributed by atoms with Gasteiger partial charge < -0.3 is 9.47 Å². The van der Waals surface area contributed by atoms with E-state index in [0.29, 0.717) is 30.0 Å².